The monoisotopic (exact) mass is 422 g/mol. The molecule has 0 aliphatic carbocycles. The molecule has 1 aliphatic rings. The Hall–Kier alpha value is -2.12. The molecular weight excluding hydrogens is 403 g/mol. The average molecular weight is 423 g/mol. The van der Waals surface area contributed by atoms with Gasteiger partial charge >= 0.3 is 5.97 Å². The van der Waals surface area contributed by atoms with E-state index in [1.165, 1.54) is 0 Å². The Balaban J connectivity index is 1.95. The molecule has 2 atom stereocenters. The summed E-state index contributed by atoms with van der Waals surface area (Å²) >= 11 is 12.6. The maximum atomic E-state index is 12.4. The van der Waals surface area contributed by atoms with Gasteiger partial charge in [0.2, 0.25) is 0 Å². The fraction of sp³-hybridized carbons (Fsp3) is 0.300. The number of carboxylic acid groups (broad SMARTS) is 1. The molecule has 28 heavy (non-hydrogen) atoms. The molecule has 0 saturated carbocycles. The lowest BCUT2D eigenvalue weighted by Gasteiger charge is -2.33. The summed E-state index contributed by atoms with van der Waals surface area (Å²) in [6.07, 6.45) is 0. The standard InChI is InChI=1S/C20H20Cl2N2O4/c1-24-8-15(14-6-13(21)7-17(22)16(14)9-24)11-3-2-4-12(5-11)19(26)23-18(10-25)20(27)28/h2-7,15,18,25H,8-10H2,1H3,(H,23,26)(H,27,28)/t15?,18-/m0/s1. The molecule has 0 fully saturated rings. The van der Waals surface area contributed by atoms with Gasteiger partial charge in [-0.3, -0.25) is 4.79 Å². The van der Waals surface area contributed by atoms with Crippen molar-refractivity contribution >= 4 is 35.1 Å². The van der Waals surface area contributed by atoms with Gasteiger partial charge in [0.15, 0.2) is 6.04 Å². The third-order valence-corrected chi connectivity index (χ3v) is 5.39. The van der Waals surface area contributed by atoms with Crippen LogP contribution < -0.4 is 5.32 Å². The van der Waals surface area contributed by atoms with E-state index >= 15 is 0 Å². The number of fused-ring (bicyclic) bond motifs is 1. The van der Waals surface area contributed by atoms with Gasteiger partial charge in [-0.25, -0.2) is 4.79 Å². The smallest absolute Gasteiger partial charge is 0.328 e. The summed E-state index contributed by atoms with van der Waals surface area (Å²) in [6.45, 7) is 0.750. The van der Waals surface area contributed by atoms with Crippen molar-refractivity contribution in [3.05, 3.63) is 68.7 Å². The van der Waals surface area contributed by atoms with E-state index in [9.17, 15) is 9.59 Å². The second kappa shape index (κ2) is 8.49. The zero-order chi connectivity index (χ0) is 20.4. The number of carboxylic acids is 1. The number of hydrogen-bond donors (Lipinski definition) is 3. The number of aliphatic carboxylic acids is 1. The van der Waals surface area contributed by atoms with Gasteiger partial charge in [-0.1, -0.05) is 35.3 Å². The van der Waals surface area contributed by atoms with E-state index in [0.717, 1.165) is 23.2 Å². The van der Waals surface area contributed by atoms with Crippen LogP contribution in [-0.4, -0.2) is 53.2 Å². The SMILES string of the molecule is CN1Cc2c(Cl)cc(Cl)cc2C(c2cccc(C(=O)N[C@@H](CO)C(=O)O)c2)C1. The zero-order valence-corrected chi connectivity index (χ0v) is 16.7. The van der Waals surface area contributed by atoms with Crippen molar-refractivity contribution in [1.29, 1.82) is 0 Å². The first-order valence-electron chi connectivity index (χ1n) is 8.71. The molecule has 3 rings (SSSR count). The second-order valence-electron chi connectivity index (χ2n) is 6.88. The number of carbonyl (C=O) groups is 2. The summed E-state index contributed by atoms with van der Waals surface area (Å²) in [5, 5.41) is 21.6. The van der Waals surface area contributed by atoms with E-state index in [1.54, 1.807) is 24.3 Å². The van der Waals surface area contributed by atoms with Crippen LogP contribution in [0.2, 0.25) is 10.0 Å². The highest BCUT2D eigenvalue weighted by Gasteiger charge is 2.28. The van der Waals surface area contributed by atoms with Gasteiger partial charge in [-0.2, -0.15) is 0 Å². The molecule has 2 aromatic carbocycles. The number of halogens is 2. The van der Waals surface area contributed by atoms with Crippen LogP contribution in [0.5, 0.6) is 0 Å². The molecule has 1 aliphatic heterocycles. The van der Waals surface area contributed by atoms with Gasteiger partial charge in [0.05, 0.1) is 6.61 Å². The predicted molar refractivity (Wildman–Crippen MR) is 107 cm³/mol. The molecule has 1 amide bonds. The Kier molecular flexibility index (Phi) is 6.25. The fourth-order valence-electron chi connectivity index (χ4n) is 3.45. The zero-order valence-electron chi connectivity index (χ0n) is 15.2. The van der Waals surface area contributed by atoms with E-state index in [-0.39, 0.29) is 5.92 Å². The van der Waals surface area contributed by atoms with Crippen molar-refractivity contribution in [3.8, 4) is 0 Å². The lowest BCUT2D eigenvalue weighted by molar-refractivity contribution is -0.140. The van der Waals surface area contributed by atoms with E-state index in [2.05, 4.69) is 10.2 Å². The molecule has 3 N–H and O–H groups in total. The first-order chi connectivity index (χ1) is 13.3. The summed E-state index contributed by atoms with van der Waals surface area (Å²) < 4.78 is 0. The van der Waals surface area contributed by atoms with Crippen LogP contribution in [0, 0.1) is 0 Å². The van der Waals surface area contributed by atoms with Gasteiger partial charge in [0, 0.05) is 34.6 Å². The molecule has 0 aromatic heterocycles. The molecule has 6 nitrogen and oxygen atoms in total. The number of aliphatic hydroxyl groups excluding tert-OH is 1. The van der Waals surface area contributed by atoms with Crippen LogP contribution in [-0.2, 0) is 11.3 Å². The minimum atomic E-state index is -1.35. The first kappa shape index (κ1) is 20.6. The molecule has 2 aromatic rings. The molecular formula is C20H20Cl2N2O4. The van der Waals surface area contributed by atoms with Gasteiger partial charge < -0.3 is 20.4 Å². The lowest BCUT2D eigenvalue weighted by Crippen LogP contribution is -2.43. The molecule has 0 radical (unpaired) electrons. The molecule has 0 saturated heterocycles. The van der Waals surface area contributed by atoms with Gasteiger partial charge in [-0.15, -0.1) is 0 Å². The molecule has 0 spiro atoms. The molecule has 8 heteroatoms. The number of amides is 1. The van der Waals surface area contributed by atoms with Crippen LogP contribution in [0.25, 0.3) is 0 Å². The summed E-state index contributed by atoms with van der Waals surface area (Å²) in [4.78, 5) is 25.6. The first-order valence-corrected chi connectivity index (χ1v) is 9.46. The van der Waals surface area contributed by atoms with Crippen molar-refractivity contribution in [2.75, 3.05) is 20.2 Å². The maximum absolute atomic E-state index is 12.4. The third-order valence-electron chi connectivity index (χ3n) is 4.83. The molecule has 148 valence electrons. The van der Waals surface area contributed by atoms with Crippen molar-refractivity contribution in [2.24, 2.45) is 0 Å². The fourth-order valence-corrected chi connectivity index (χ4v) is 4.02. The van der Waals surface area contributed by atoms with Crippen molar-refractivity contribution in [3.63, 3.8) is 0 Å². The number of hydrogen-bond acceptors (Lipinski definition) is 4. The summed E-state index contributed by atoms with van der Waals surface area (Å²) in [7, 11) is 2.00. The largest absolute Gasteiger partial charge is 0.480 e. The average Bonchev–Trinajstić information content (AvgIpc) is 2.65. The number of aliphatic hydroxyl groups is 1. The normalized spacial score (nSPS) is 17.6. The van der Waals surface area contributed by atoms with Crippen LogP contribution in [0.15, 0.2) is 36.4 Å². The van der Waals surface area contributed by atoms with E-state index in [4.69, 9.17) is 33.4 Å². The van der Waals surface area contributed by atoms with Crippen LogP contribution in [0.4, 0.5) is 0 Å². The Morgan fingerprint density at radius 3 is 2.71 bits per heavy atom. The maximum Gasteiger partial charge on any atom is 0.328 e. The highest BCUT2D eigenvalue weighted by molar-refractivity contribution is 6.35. The second-order valence-corrected chi connectivity index (χ2v) is 7.72. The van der Waals surface area contributed by atoms with Crippen molar-refractivity contribution in [2.45, 2.75) is 18.5 Å². The number of likely N-dealkylation sites (N-methyl/N-ethyl adjacent to an activating group) is 1. The van der Waals surface area contributed by atoms with Gasteiger partial charge in [0.1, 0.15) is 0 Å². The van der Waals surface area contributed by atoms with E-state index < -0.39 is 24.5 Å². The Bertz CT molecular complexity index is 919. The Labute approximate surface area is 172 Å². The summed E-state index contributed by atoms with van der Waals surface area (Å²) in [5.74, 6) is -1.89. The quantitative estimate of drug-likeness (QED) is 0.688. The third kappa shape index (κ3) is 4.31. The number of nitrogens with zero attached hydrogens (tertiary/aromatic N) is 1. The molecule has 1 unspecified atom stereocenters. The highest BCUT2D eigenvalue weighted by atomic mass is 35.5. The van der Waals surface area contributed by atoms with Crippen molar-refractivity contribution in [1.82, 2.24) is 10.2 Å². The Morgan fingerprint density at radius 2 is 2.04 bits per heavy atom. The van der Waals surface area contributed by atoms with Crippen LogP contribution in [0.1, 0.15) is 33.0 Å². The van der Waals surface area contributed by atoms with E-state index in [0.29, 0.717) is 22.2 Å². The van der Waals surface area contributed by atoms with E-state index in [1.807, 2.05) is 19.2 Å². The number of benzene rings is 2. The van der Waals surface area contributed by atoms with Crippen LogP contribution >= 0.6 is 23.2 Å². The summed E-state index contributed by atoms with van der Waals surface area (Å²) in [5.41, 5.74) is 3.24. The number of rotatable bonds is 5. The van der Waals surface area contributed by atoms with Gasteiger partial charge in [-0.05, 0) is 48.0 Å². The van der Waals surface area contributed by atoms with Crippen molar-refractivity contribution < 1.29 is 19.8 Å². The molecule has 1 heterocycles. The predicted octanol–water partition coefficient (Wildman–Crippen LogP) is 2.75. The Morgan fingerprint density at radius 1 is 1.29 bits per heavy atom. The minimum absolute atomic E-state index is 0.0363. The van der Waals surface area contributed by atoms with Crippen LogP contribution in [0.3, 0.4) is 0 Å². The number of nitrogens with one attached hydrogen (secondary N) is 1. The topological polar surface area (TPSA) is 89.9 Å². The van der Waals surface area contributed by atoms with Gasteiger partial charge in [0.25, 0.3) is 5.91 Å². The highest BCUT2D eigenvalue weighted by Crippen LogP contribution is 2.38. The lowest BCUT2D eigenvalue weighted by atomic mass is 9.84. The summed E-state index contributed by atoms with van der Waals surface area (Å²) in [6, 6.07) is 9.28. The minimum Gasteiger partial charge on any atom is -0.480 e. The molecule has 0 bridgehead atoms. The number of carbonyl (C=O) groups excluding carboxylic acids is 1.